The fourth-order valence-electron chi connectivity index (χ4n) is 1.78. The molecule has 1 unspecified atom stereocenters. The fourth-order valence-corrected chi connectivity index (χ4v) is 1.78. The second-order valence-corrected chi connectivity index (χ2v) is 5.05. The van der Waals surface area contributed by atoms with Crippen LogP contribution in [0.1, 0.15) is 19.4 Å². The van der Waals surface area contributed by atoms with E-state index in [2.05, 4.69) is 15.4 Å². The summed E-state index contributed by atoms with van der Waals surface area (Å²) in [7, 11) is 0. The van der Waals surface area contributed by atoms with E-state index in [4.69, 9.17) is 5.73 Å². The number of hydrogen-bond acceptors (Lipinski definition) is 4. The average Bonchev–Trinajstić information content (AvgIpc) is 2.91. The van der Waals surface area contributed by atoms with Gasteiger partial charge in [-0.1, -0.05) is 26.0 Å². The maximum absolute atomic E-state index is 11.9. The molecule has 0 aliphatic carbocycles. The number of amides is 1. The van der Waals surface area contributed by atoms with Crippen molar-refractivity contribution >= 4 is 36.4 Å². The Morgan fingerprint density at radius 3 is 2.68 bits per heavy atom. The molecule has 0 saturated carbocycles. The molecule has 22 heavy (non-hydrogen) atoms. The number of nitrogens with zero attached hydrogens (tertiary/aromatic N) is 3. The van der Waals surface area contributed by atoms with Gasteiger partial charge in [0.25, 0.3) is 0 Å². The maximum Gasteiger partial charge on any atom is 0.241 e. The quantitative estimate of drug-likeness (QED) is 0.868. The second-order valence-electron chi connectivity index (χ2n) is 5.05. The van der Waals surface area contributed by atoms with Gasteiger partial charge in [0.05, 0.1) is 12.6 Å². The van der Waals surface area contributed by atoms with E-state index >= 15 is 0 Å². The first kappa shape index (κ1) is 20.4. The highest BCUT2D eigenvalue weighted by Crippen LogP contribution is 2.12. The minimum absolute atomic E-state index is 0. The van der Waals surface area contributed by atoms with Crippen molar-refractivity contribution in [1.29, 1.82) is 0 Å². The number of halogens is 2. The zero-order valence-electron chi connectivity index (χ0n) is 12.5. The molecule has 0 spiro atoms. The standard InChI is InChI=1S/C14H19N5O.2ClH/c1-10(2)13(15)14(20)18-12-5-3-4-11(6-12)7-19-9-16-8-17-19;;/h3-6,8-10,13H,7,15H2,1-2H3,(H,18,20);2*1H. The third kappa shape index (κ3) is 5.63. The van der Waals surface area contributed by atoms with Gasteiger partial charge in [-0.05, 0) is 23.6 Å². The molecule has 2 rings (SSSR count). The molecule has 0 fully saturated rings. The zero-order valence-corrected chi connectivity index (χ0v) is 14.1. The number of aromatic nitrogens is 3. The van der Waals surface area contributed by atoms with E-state index in [-0.39, 0.29) is 36.6 Å². The van der Waals surface area contributed by atoms with Crippen LogP contribution in [0, 0.1) is 5.92 Å². The van der Waals surface area contributed by atoms with E-state index in [0.29, 0.717) is 6.54 Å². The largest absolute Gasteiger partial charge is 0.325 e. The first-order chi connectivity index (χ1) is 9.56. The summed E-state index contributed by atoms with van der Waals surface area (Å²) in [6.45, 7) is 4.46. The summed E-state index contributed by atoms with van der Waals surface area (Å²) < 4.78 is 1.72. The number of nitrogens with two attached hydrogens (primary N) is 1. The lowest BCUT2D eigenvalue weighted by Gasteiger charge is -2.15. The van der Waals surface area contributed by atoms with Gasteiger partial charge in [-0.15, -0.1) is 24.8 Å². The van der Waals surface area contributed by atoms with E-state index < -0.39 is 6.04 Å². The first-order valence-corrected chi connectivity index (χ1v) is 6.54. The van der Waals surface area contributed by atoms with E-state index in [9.17, 15) is 4.79 Å². The molecule has 3 N–H and O–H groups in total. The molecular formula is C14H21Cl2N5O. The molecule has 2 aromatic rings. The molecule has 122 valence electrons. The fraction of sp³-hybridized carbons (Fsp3) is 0.357. The second kappa shape index (κ2) is 9.40. The van der Waals surface area contributed by atoms with Crippen LogP contribution in [-0.2, 0) is 11.3 Å². The summed E-state index contributed by atoms with van der Waals surface area (Å²) in [4.78, 5) is 15.8. The first-order valence-electron chi connectivity index (χ1n) is 6.54. The van der Waals surface area contributed by atoms with Crippen molar-refractivity contribution in [3.63, 3.8) is 0 Å². The van der Waals surface area contributed by atoms with Crippen LogP contribution in [-0.4, -0.2) is 26.7 Å². The normalized spacial score (nSPS) is 11.3. The lowest BCUT2D eigenvalue weighted by atomic mass is 10.0. The van der Waals surface area contributed by atoms with Crippen LogP contribution >= 0.6 is 24.8 Å². The lowest BCUT2D eigenvalue weighted by molar-refractivity contribution is -0.118. The van der Waals surface area contributed by atoms with Crippen molar-refractivity contribution in [2.75, 3.05) is 5.32 Å². The molecule has 0 aliphatic heterocycles. The van der Waals surface area contributed by atoms with Gasteiger partial charge in [0.15, 0.2) is 0 Å². The summed E-state index contributed by atoms with van der Waals surface area (Å²) in [5.74, 6) is -0.0637. The van der Waals surface area contributed by atoms with E-state index in [1.54, 1.807) is 11.0 Å². The highest BCUT2D eigenvalue weighted by atomic mass is 35.5. The zero-order chi connectivity index (χ0) is 14.5. The van der Waals surface area contributed by atoms with Gasteiger partial charge in [0, 0.05) is 5.69 Å². The molecule has 0 radical (unpaired) electrons. The Hall–Kier alpha value is -1.63. The molecule has 0 saturated heterocycles. The number of nitrogens with one attached hydrogen (secondary N) is 1. The number of carbonyl (C=O) groups excluding carboxylic acids is 1. The molecule has 1 atom stereocenters. The van der Waals surface area contributed by atoms with Crippen molar-refractivity contribution in [1.82, 2.24) is 14.8 Å². The van der Waals surface area contributed by atoms with Gasteiger partial charge in [-0.25, -0.2) is 9.67 Å². The molecule has 0 bridgehead atoms. The van der Waals surface area contributed by atoms with E-state index in [1.807, 2.05) is 38.1 Å². The predicted molar refractivity (Wildman–Crippen MR) is 91.5 cm³/mol. The number of anilines is 1. The molecular weight excluding hydrogens is 325 g/mol. The summed E-state index contributed by atoms with van der Waals surface area (Å²) >= 11 is 0. The van der Waals surface area contributed by atoms with Crippen LogP contribution in [0.3, 0.4) is 0 Å². The van der Waals surface area contributed by atoms with E-state index in [0.717, 1.165) is 11.3 Å². The molecule has 8 heteroatoms. The molecule has 1 heterocycles. The monoisotopic (exact) mass is 345 g/mol. The highest BCUT2D eigenvalue weighted by molar-refractivity contribution is 5.94. The summed E-state index contributed by atoms with van der Waals surface area (Å²) in [5.41, 5.74) is 7.59. The minimum atomic E-state index is -0.506. The minimum Gasteiger partial charge on any atom is -0.325 e. The number of carbonyl (C=O) groups is 1. The number of rotatable bonds is 5. The Bertz CT molecular complexity index is 574. The third-order valence-corrected chi connectivity index (χ3v) is 3.03. The van der Waals surface area contributed by atoms with E-state index in [1.165, 1.54) is 6.33 Å². The van der Waals surface area contributed by atoms with Gasteiger partial charge in [-0.3, -0.25) is 4.79 Å². The predicted octanol–water partition coefficient (Wildman–Crippen LogP) is 2.09. The maximum atomic E-state index is 11.9. The Kier molecular flexibility index (Phi) is 8.70. The van der Waals surface area contributed by atoms with Crippen LogP contribution < -0.4 is 11.1 Å². The van der Waals surface area contributed by atoms with Crippen LogP contribution in [0.2, 0.25) is 0 Å². The van der Waals surface area contributed by atoms with Gasteiger partial charge < -0.3 is 11.1 Å². The van der Waals surface area contributed by atoms with Gasteiger partial charge in [0.1, 0.15) is 12.7 Å². The highest BCUT2D eigenvalue weighted by Gasteiger charge is 2.17. The lowest BCUT2D eigenvalue weighted by Crippen LogP contribution is -2.39. The molecule has 0 aliphatic rings. The van der Waals surface area contributed by atoms with Crippen molar-refractivity contribution in [2.45, 2.75) is 26.4 Å². The Morgan fingerprint density at radius 2 is 2.09 bits per heavy atom. The Labute approximate surface area is 142 Å². The number of hydrogen-bond donors (Lipinski definition) is 2. The van der Waals surface area contributed by atoms with Crippen molar-refractivity contribution in [3.05, 3.63) is 42.5 Å². The molecule has 1 amide bonds. The molecule has 6 nitrogen and oxygen atoms in total. The average molecular weight is 346 g/mol. The van der Waals surface area contributed by atoms with Crippen LogP contribution in [0.5, 0.6) is 0 Å². The summed E-state index contributed by atoms with van der Waals surface area (Å²) in [6.07, 6.45) is 3.15. The van der Waals surface area contributed by atoms with Crippen LogP contribution in [0.25, 0.3) is 0 Å². The Balaban J connectivity index is 0.00000220. The van der Waals surface area contributed by atoms with Crippen molar-refractivity contribution in [2.24, 2.45) is 11.7 Å². The smallest absolute Gasteiger partial charge is 0.241 e. The summed E-state index contributed by atoms with van der Waals surface area (Å²) in [5, 5.41) is 6.89. The van der Waals surface area contributed by atoms with Crippen LogP contribution in [0.15, 0.2) is 36.9 Å². The van der Waals surface area contributed by atoms with Crippen LogP contribution in [0.4, 0.5) is 5.69 Å². The van der Waals surface area contributed by atoms with Crippen molar-refractivity contribution < 1.29 is 4.79 Å². The SMILES string of the molecule is CC(C)C(N)C(=O)Nc1cccc(Cn2cncn2)c1.Cl.Cl. The molecule has 1 aromatic heterocycles. The molecule has 1 aromatic carbocycles. The topological polar surface area (TPSA) is 85.8 Å². The van der Waals surface area contributed by atoms with Crippen molar-refractivity contribution in [3.8, 4) is 0 Å². The number of benzene rings is 1. The van der Waals surface area contributed by atoms with Gasteiger partial charge in [0.2, 0.25) is 5.91 Å². The third-order valence-electron chi connectivity index (χ3n) is 3.03. The van der Waals surface area contributed by atoms with Gasteiger partial charge in [-0.2, -0.15) is 5.10 Å². The Morgan fingerprint density at radius 1 is 1.36 bits per heavy atom. The summed E-state index contributed by atoms with van der Waals surface area (Å²) in [6, 6.07) is 7.11. The van der Waals surface area contributed by atoms with Gasteiger partial charge >= 0.3 is 0 Å².